The number of pyridine rings is 1. The van der Waals surface area contributed by atoms with E-state index in [2.05, 4.69) is 36.8 Å². The molecule has 1 aromatic rings. The van der Waals surface area contributed by atoms with Gasteiger partial charge < -0.3 is 5.32 Å². The van der Waals surface area contributed by atoms with E-state index in [-0.39, 0.29) is 0 Å². The Labute approximate surface area is 92.4 Å². The van der Waals surface area contributed by atoms with Crippen LogP contribution in [0.5, 0.6) is 0 Å². The second-order valence-corrected chi connectivity index (χ2v) is 3.67. The lowest BCUT2D eigenvalue weighted by Gasteiger charge is -2.17. The molecule has 82 valence electrons. The molecule has 2 nitrogen and oxygen atoms in total. The molecule has 15 heavy (non-hydrogen) atoms. The molecule has 0 aromatic carbocycles. The Morgan fingerprint density at radius 2 is 2.27 bits per heavy atom. The molecule has 0 spiro atoms. The maximum Gasteiger partial charge on any atom is 0.0576 e. The predicted octanol–water partition coefficient (Wildman–Crippen LogP) is 3.09. The topological polar surface area (TPSA) is 24.9 Å². The van der Waals surface area contributed by atoms with Crippen LogP contribution in [-0.4, -0.2) is 11.5 Å². The van der Waals surface area contributed by atoms with Crippen molar-refractivity contribution >= 4 is 0 Å². The number of hydrogen-bond acceptors (Lipinski definition) is 2. The van der Waals surface area contributed by atoms with Crippen molar-refractivity contribution in [3.8, 4) is 0 Å². The number of nitrogens with one attached hydrogen (secondary N) is 1. The van der Waals surface area contributed by atoms with Crippen LogP contribution in [0.2, 0.25) is 0 Å². The van der Waals surface area contributed by atoms with E-state index in [0.29, 0.717) is 6.04 Å². The summed E-state index contributed by atoms with van der Waals surface area (Å²) in [4.78, 5) is 4.38. The first-order valence-electron chi connectivity index (χ1n) is 5.58. The smallest absolute Gasteiger partial charge is 0.0576 e. The quantitative estimate of drug-likeness (QED) is 0.720. The van der Waals surface area contributed by atoms with Gasteiger partial charge in [-0.1, -0.05) is 32.1 Å². The van der Waals surface area contributed by atoms with Gasteiger partial charge in [-0.3, -0.25) is 4.98 Å². The number of aromatic nitrogens is 1. The Morgan fingerprint density at radius 1 is 1.47 bits per heavy atom. The monoisotopic (exact) mass is 204 g/mol. The van der Waals surface area contributed by atoms with Crippen LogP contribution in [0, 0.1) is 0 Å². The Hall–Kier alpha value is -1.15. The fraction of sp³-hybridized carbons (Fsp3) is 0.462. The molecule has 1 unspecified atom stereocenters. The fourth-order valence-electron chi connectivity index (χ4n) is 1.54. The molecule has 0 amide bonds. The zero-order valence-corrected chi connectivity index (χ0v) is 9.66. The first kappa shape index (κ1) is 11.9. The minimum absolute atomic E-state index is 0.309. The van der Waals surface area contributed by atoms with Crippen LogP contribution in [0.3, 0.4) is 0 Å². The largest absolute Gasteiger partial charge is 0.309 e. The van der Waals surface area contributed by atoms with Crippen LogP contribution in [0.4, 0.5) is 0 Å². The van der Waals surface area contributed by atoms with Crippen molar-refractivity contribution < 1.29 is 0 Å². The normalized spacial score (nSPS) is 12.4. The molecule has 0 bridgehead atoms. The van der Waals surface area contributed by atoms with Gasteiger partial charge in [-0.05, 0) is 31.5 Å². The molecule has 0 saturated heterocycles. The van der Waals surface area contributed by atoms with Crippen molar-refractivity contribution in [2.24, 2.45) is 0 Å². The van der Waals surface area contributed by atoms with Crippen LogP contribution in [0.25, 0.3) is 0 Å². The summed E-state index contributed by atoms with van der Waals surface area (Å²) in [5.74, 6) is 0. The lowest BCUT2D eigenvalue weighted by Crippen LogP contribution is -2.22. The van der Waals surface area contributed by atoms with Crippen molar-refractivity contribution in [1.82, 2.24) is 10.3 Å². The van der Waals surface area contributed by atoms with E-state index in [0.717, 1.165) is 25.1 Å². The molecule has 1 atom stereocenters. The van der Waals surface area contributed by atoms with Gasteiger partial charge in [0.1, 0.15) is 0 Å². The standard InChI is InChI=1S/C13H20N2/c1-4-11(3)10-13(14-5-2)12-8-6-7-9-15-12/h6-9,13-14H,3-5,10H2,1-2H3. The average Bonchev–Trinajstić information content (AvgIpc) is 2.29. The van der Waals surface area contributed by atoms with Crippen molar-refractivity contribution in [2.75, 3.05) is 6.54 Å². The summed E-state index contributed by atoms with van der Waals surface area (Å²) in [6.45, 7) is 9.27. The van der Waals surface area contributed by atoms with Gasteiger partial charge in [0.2, 0.25) is 0 Å². The fourth-order valence-corrected chi connectivity index (χ4v) is 1.54. The molecule has 0 aliphatic heterocycles. The van der Waals surface area contributed by atoms with E-state index in [9.17, 15) is 0 Å². The van der Waals surface area contributed by atoms with E-state index < -0.39 is 0 Å². The highest BCUT2D eigenvalue weighted by molar-refractivity contribution is 5.12. The number of rotatable bonds is 6. The van der Waals surface area contributed by atoms with Gasteiger partial charge in [0, 0.05) is 6.20 Å². The van der Waals surface area contributed by atoms with Gasteiger partial charge >= 0.3 is 0 Å². The second-order valence-electron chi connectivity index (χ2n) is 3.67. The van der Waals surface area contributed by atoms with Gasteiger partial charge in [0.15, 0.2) is 0 Å². The van der Waals surface area contributed by atoms with Crippen LogP contribution in [0.1, 0.15) is 38.4 Å². The second kappa shape index (κ2) is 6.36. The molecular weight excluding hydrogens is 184 g/mol. The van der Waals surface area contributed by atoms with Crippen molar-refractivity contribution in [2.45, 2.75) is 32.7 Å². The third kappa shape index (κ3) is 3.84. The van der Waals surface area contributed by atoms with Gasteiger partial charge in [0.25, 0.3) is 0 Å². The third-order valence-electron chi connectivity index (χ3n) is 2.49. The Morgan fingerprint density at radius 3 is 2.80 bits per heavy atom. The van der Waals surface area contributed by atoms with Crippen LogP contribution < -0.4 is 5.32 Å². The highest BCUT2D eigenvalue weighted by Crippen LogP contribution is 2.19. The maximum atomic E-state index is 4.38. The van der Waals surface area contributed by atoms with Gasteiger partial charge in [-0.2, -0.15) is 0 Å². The number of nitrogens with zero attached hydrogens (tertiary/aromatic N) is 1. The van der Waals surface area contributed by atoms with E-state index >= 15 is 0 Å². The molecule has 1 heterocycles. The van der Waals surface area contributed by atoms with E-state index in [1.54, 1.807) is 0 Å². The highest BCUT2D eigenvalue weighted by atomic mass is 14.9. The molecule has 0 fully saturated rings. The minimum Gasteiger partial charge on any atom is -0.309 e. The van der Waals surface area contributed by atoms with Crippen LogP contribution >= 0.6 is 0 Å². The molecule has 1 rings (SSSR count). The molecule has 1 N–H and O–H groups in total. The summed E-state index contributed by atoms with van der Waals surface area (Å²) in [5.41, 5.74) is 2.38. The highest BCUT2D eigenvalue weighted by Gasteiger charge is 2.11. The van der Waals surface area contributed by atoms with E-state index in [1.807, 2.05) is 18.3 Å². The van der Waals surface area contributed by atoms with Crippen molar-refractivity contribution in [3.05, 3.63) is 42.2 Å². The lowest BCUT2D eigenvalue weighted by atomic mass is 10.0. The lowest BCUT2D eigenvalue weighted by molar-refractivity contribution is 0.530. The van der Waals surface area contributed by atoms with Gasteiger partial charge in [-0.25, -0.2) is 0 Å². The average molecular weight is 204 g/mol. The maximum absolute atomic E-state index is 4.38. The Balaban J connectivity index is 2.70. The molecular formula is C13H20N2. The summed E-state index contributed by atoms with van der Waals surface area (Å²) >= 11 is 0. The third-order valence-corrected chi connectivity index (χ3v) is 2.49. The molecule has 0 radical (unpaired) electrons. The molecule has 0 aliphatic carbocycles. The van der Waals surface area contributed by atoms with E-state index in [4.69, 9.17) is 0 Å². The summed E-state index contributed by atoms with van der Waals surface area (Å²) in [5, 5.41) is 3.44. The molecule has 2 heteroatoms. The minimum atomic E-state index is 0.309. The molecule has 0 aliphatic rings. The Kier molecular flexibility index (Phi) is 5.05. The predicted molar refractivity (Wildman–Crippen MR) is 64.7 cm³/mol. The van der Waals surface area contributed by atoms with Gasteiger partial charge in [0.05, 0.1) is 11.7 Å². The van der Waals surface area contributed by atoms with Crippen LogP contribution in [-0.2, 0) is 0 Å². The first-order chi connectivity index (χ1) is 7.27. The van der Waals surface area contributed by atoms with Crippen LogP contribution in [0.15, 0.2) is 36.5 Å². The molecule has 1 aromatic heterocycles. The SMILES string of the molecule is C=C(CC)CC(NCC)c1ccccn1. The zero-order valence-electron chi connectivity index (χ0n) is 9.66. The summed E-state index contributed by atoms with van der Waals surface area (Å²) in [7, 11) is 0. The van der Waals surface area contributed by atoms with Gasteiger partial charge in [-0.15, -0.1) is 0 Å². The van der Waals surface area contributed by atoms with Crippen molar-refractivity contribution in [3.63, 3.8) is 0 Å². The van der Waals surface area contributed by atoms with E-state index in [1.165, 1.54) is 5.57 Å². The summed E-state index contributed by atoms with van der Waals surface area (Å²) in [6, 6.07) is 6.35. The number of hydrogen-bond donors (Lipinski definition) is 1. The zero-order chi connectivity index (χ0) is 11.1. The summed E-state index contributed by atoms with van der Waals surface area (Å²) in [6.07, 6.45) is 3.85. The molecule has 0 saturated carbocycles. The first-order valence-corrected chi connectivity index (χ1v) is 5.58. The summed E-state index contributed by atoms with van der Waals surface area (Å²) < 4.78 is 0. The van der Waals surface area contributed by atoms with Crippen molar-refractivity contribution in [1.29, 1.82) is 0 Å². The Bertz CT molecular complexity index is 293.